The fourth-order valence-corrected chi connectivity index (χ4v) is 16.2. The van der Waals surface area contributed by atoms with Crippen LogP contribution in [-0.2, 0) is 88.7 Å². The number of carbonyl (C=O) groups excluding carboxylic acids is 10. The van der Waals surface area contributed by atoms with E-state index in [0.717, 1.165) is 18.7 Å². The van der Waals surface area contributed by atoms with Crippen LogP contribution in [0.3, 0.4) is 0 Å². The second-order valence-electron chi connectivity index (χ2n) is 24.6. The number of carboxylic acid groups (broad SMARTS) is 1. The van der Waals surface area contributed by atoms with Gasteiger partial charge in [0.25, 0.3) is 11.8 Å². The largest absolute Gasteiger partial charge is 0.477 e. The van der Waals surface area contributed by atoms with Crippen LogP contribution in [-0.4, -0.2) is 175 Å². The van der Waals surface area contributed by atoms with E-state index in [0.29, 0.717) is 4.88 Å². The summed E-state index contributed by atoms with van der Waals surface area (Å²) >= 11 is 1.32. The minimum absolute atomic E-state index is 0.00985. The number of esters is 5. The number of nitrogens with one attached hydrogen (secondary N) is 3. The SMILES string of the molecule is CC(=O)O[C@H]1C(=O)[C@@]2(C)[C@H]([C@H](OC(=O)c3ccccc3)[C@]3(O)C[C@H](OC(=O)[C@H](OC(=O)CCCNC(=O)OCC4=C(C(=O)O)N5C(=O)[C@@H](NC(=O)Cc6cccs6)[C@H]5S(=O)C4)[C@@H](NC(=O)c4ccccc4)c4ccccc4)C(C)=C1C3(C)C)[C@]1(OC(C)=O)CO[C@@H]1C[C@@H]2O. The van der Waals surface area contributed by atoms with Crippen LogP contribution < -0.4 is 16.0 Å². The van der Waals surface area contributed by atoms with Crippen molar-refractivity contribution in [2.45, 2.75) is 139 Å². The first-order chi connectivity index (χ1) is 44.6. The predicted molar refractivity (Wildman–Crippen MR) is 328 cm³/mol. The van der Waals surface area contributed by atoms with Crippen LogP contribution >= 0.6 is 11.3 Å². The number of ether oxygens (including phenoxy) is 7. The van der Waals surface area contributed by atoms with E-state index in [9.17, 15) is 62.7 Å². The molecule has 0 spiro atoms. The predicted octanol–water partition coefficient (Wildman–Crippen LogP) is 3.85. The molecule has 26 nitrogen and oxygen atoms in total. The highest BCUT2D eigenvalue weighted by atomic mass is 32.2. The number of benzene rings is 3. The van der Waals surface area contributed by atoms with Gasteiger partial charge in [0, 0.05) is 61.1 Å². The molecule has 4 heterocycles. The molecule has 10 rings (SSSR count). The van der Waals surface area contributed by atoms with Gasteiger partial charge in [-0.05, 0) is 72.7 Å². The highest BCUT2D eigenvalue weighted by Crippen LogP contribution is 2.64. The van der Waals surface area contributed by atoms with Gasteiger partial charge in [0.05, 0.1) is 52.6 Å². The molecule has 1 aromatic heterocycles. The Morgan fingerprint density at radius 1 is 0.851 bits per heavy atom. The first kappa shape index (κ1) is 67.9. The zero-order valence-corrected chi connectivity index (χ0v) is 53.5. The number of hydrogen-bond donors (Lipinski definition) is 6. The van der Waals surface area contributed by atoms with Gasteiger partial charge >= 0.3 is 41.9 Å². The van der Waals surface area contributed by atoms with Crippen LogP contribution in [0.1, 0.15) is 104 Å². The monoisotopic (exact) mass is 1330 g/mol. The Morgan fingerprint density at radius 2 is 1.51 bits per heavy atom. The number of nitrogens with zero attached hydrogens (tertiary/aromatic N) is 1. The highest BCUT2D eigenvalue weighted by molar-refractivity contribution is 7.86. The molecule has 4 amide bonds. The third-order valence-electron chi connectivity index (χ3n) is 18.6. The maximum absolute atomic E-state index is 15.9. The van der Waals surface area contributed by atoms with Gasteiger partial charge in [0.1, 0.15) is 53.7 Å². The van der Waals surface area contributed by atoms with Crippen LogP contribution in [0, 0.1) is 16.7 Å². The van der Waals surface area contributed by atoms with E-state index < -0.39 is 196 Å². The molecule has 0 radical (unpaired) electrons. The molecule has 1 unspecified atom stereocenters. The van der Waals surface area contributed by atoms with Crippen LogP contribution in [0.5, 0.6) is 0 Å². The molecule has 498 valence electrons. The minimum atomic E-state index is -2.57. The zero-order valence-electron chi connectivity index (χ0n) is 51.9. The molecule has 2 saturated heterocycles. The quantitative estimate of drug-likeness (QED) is 0.0227. The molecule has 94 heavy (non-hydrogen) atoms. The number of Topliss-reactive ketones (excluding diaryl/α,β-unsaturated/α-hetero) is 1. The van der Waals surface area contributed by atoms with Gasteiger partial charge in [-0.15, -0.1) is 11.3 Å². The molecular weight excluding hydrogens is 1260 g/mol. The van der Waals surface area contributed by atoms with Gasteiger partial charge < -0.3 is 64.4 Å². The van der Waals surface area contributed by atoms with Gasteiger partial charge in [-0.25, -0.2) is 19.2 Å². The first-order valence-corrected chi connectivity index (χ1v) is 32.5. The Labute approximate surface area is 545 Å². The number of carbonyl (C=O) groups is 11. The molecular formula is C66H70N4O22S2. The van der Waals surface area contributed by atoms with Crippen LogP contribution in [0.2, 0.25) is 0 Å². The maximum Gasteiger partial charge on any atom is 0.407 e. The summed E-state index contributed by atoms with van der Waals surface area (Å²) in [5.41, 5.74) is -8.91. The van der Waals surface area contributed by atoms with E-state index in [4.69, 9.17) is 33.2 Å². The van der Waals surface area contributed by atoms with Crippen molar-refractivity contribution in [3.05, 3.63) is 152 Å². The summed E-state index contributed by atoms with van der Waals surface area (Å²) in [6, 6.07) is 24.0. The Hall–Kier alpha value is -8.96. The molecule has 4 fully saturated rings. The van der Waals surface area contributed by atoms with E-state index in [1.54, 1.807) is 72.1 Å². The second-order valence-corrected chi connectivity index (χ2v) is 27.2. The summed E-state index contributed by atoms with van der Waals surface area (Å²) in [6.45, 7) is 6.53. The standard InChI is InChI=1S/C66H70N4O22S2/c1-34-42(30-66(84)55(91-60(81)39-22-14-9-15-23-39)53-64(6,43(73)29-44-65(53,33-87-44)92-36(3)72)54(76)51(88-35(2)71)47(34)63(66,4)5)89-61(82)52(48(37-18-10-7-11-19-37)69-56(77)38-20-12-8-13-21-38)90-46(75)25-16-26-67-62(83)86-31-40-32-94(85)58-49(57(78)70(58)50(40)59(79)80)68-45(74)28-41-24-17-27-93-41/h7-15,17-24,27,42-44,48-49,51-53,55,58,73,84H,16,25-26,28-33H2,1-6H3,(H,67,83)(H,68,74)(H,69,77)(H,79,80)/t42-,43-,44+,48-,49+,51+,52+,53-,55-,58+,64+,65-,66+,94?/m0/s1. The van der Waals surface area contributed by atoms with Crippen molar-refractivity contribution in [2.24, 2.45) is 16.7 Å². The number of β-lactam (4-membered cyclic amide) rings is 1. The van der Waals surface area contributed by atoms with Crippen molar-refractivity contribution in [1.82, 2.24) is 20.9 Å². The van der Waals surface area contributed by atoms with Crippen molar-refractivity contribution < 1.29 is 105 Å². The number of aliphatic carboxylic acids is 1. The summed E-state index contributed by atoms with van der Waals surface area (Å²) in [5.74, 6) is -12.0. The third kappa shape index (κ3) is 12.8. The molecule has 14 atom stereocenters. The van der Waals surface area contributed by atoms with Gasteiger partial charge in [-0.1, -0.05) is 86.6 Å². The lowest BCUT2D eigenvalue weighted by Crippen LogP contribution is -2.82. The number of aliphatic hydroxyl groups is 2. The first-order valence-electron chi connectivity index (χ1n) is 30.2. The lowest BCUT2D eigenvalue weighted by molar-refractivity contribution is -0.346. The maximum atomic E-state index is 15.9. The average Bonchev–Trinajstić information content (AvgIpc) is 0.677. The van der Waals surface area contributed by atoms with E-state index >= 15 is 9.59 Å². The summed E-state index contributed by atoms with van der Waals surface area (Å²) < 4.78 is 55.7. The Balaban J connectivity index is 0.933. The van der Waals surface area contributed by atoms with E-state index in [1.165, 1.54) is 75.4 Å². The van der Waals surface area contributed by atoms with Crippen LogP contribution in [0.25, 0.3) is 0 Å². The summed E-state index contributed by atoms with van der Waals surface area (Å²) in [6.07, 6.45) is -13.4. The van der Waals surface area contributed by atoms with Gasteiger partial charge in [-0.2, -0.15) is 0 Å². The molecule has 6 N–H and O–H groups in total. The molecule has 3 aliphatic carbocycles. The smallest absolute Gasteiger partial charge is 0.407 e. The third-order valence-corrected chi connectivity index (χ3v) is 21.1. The van der Waals surface area contributed by atoms with Crippen molar-refractivity contribution in [2.75, 3.05) is 25.5 Å². The molecule has 2 saturated carbocycles. The Bertz CT molecular complexity index is 3770. The summed E-state index contributed by atoms with van der Waals surface area (Å²) in [5, 5.41) is 44.9. The normalized spacial score (nSPS) is 28.6. The Morgan fingerprint density at radius 3 is 2.12 bits per heavy atom. The topological polar surface area (TPSA) is 369 Å². The molecule has 3 aliphatic heterocycles. The van der Waals surface area contributed by atoms with Gasteiger partial charge in [-0.3, -0.25) is 42.7 Å². The number of hydrogen-bond acceptors (Lipinski definition) is 22. The number of amides is 4. The summed E-state index contributed by atoms with van der Waals surface area (Å²) in [7, 11) is -1.93. The van der Waals surface area contributed by atoms with Crippen molar-refractivity contribution in [3.63, 3.8) is 0 Å². The summed E-state index contributed by atoms with van der Waals surface area (Å²) in [4.78, 5) is 154. The van der Waals surface area contributed by atoms with E-state index in [2.05, 4.69) is 16.0 Å². The van der Waals surface area contributed by atoms with Gasteiger partial charge in [0.15, 0.2) is 17.5 Å². The van der Waals surface area contributed by atoms with E-state index in [1.807, 2.05) is 0 Å². The number of alkyl carbamates (subject to hydrolysis) is 1. The average molecular weight is 1340 g/mol. The zero-order chi connectivity index (χ0) is 67.8. The van der Waals surface area contributed by atoms with Crippen LogP contribution in [0.4, 0.5) is 4.79 Å². The lowest BCUT2D eigenvalue weighted by Gasteiger charge is -2.67. The fraction of sp³-hybridized carbons (Fsp3) is 0.439. The number of thiophene rings is 1. The number of ketones is 1. The molecule has 3 aromatic carbocycles. The van der Waals surface area contributed by atoms with Crippen LogP contribution in [0.15, 0.2) is 131 Å². The van der Waals surface area contributed by atoms with Gasteiger partial charge in [0.2, 0.25) is 12.0 Å². The van der Waals surface area contributed by atoms with E-state index in [-0.39, 0.29) is 59.2 Å². The minimum Gasteiger partial charge on any atom is -0.477 e. The van der Waals surface area contributed by atoms with Crippen molar-refractivity contribution in [3.8, 4) is 0 Å². The number of carboxylic acids is 1. The fourth-order valence-electron chi connectivity index (χ4n) is 13.9. The number of fused-ring (bicyclic) bond motifs is 6. The number of rotatable bonds is 21. The molecule has 4 aromatic rings. The van der Waals surface area contributed by atoms with Crippen molar-refractivity contribution >= 4 is 87.6 Å². The molecule has 28 heteroatoms. The van der Waals surface area contributed by atoms with Crippen molar-refractivity contribution in [1.29, 1.82) is 0 Å². The lowest BCUT2D eigenvalue weighted by atomic mass is 9.44. The second kappa shape index (κ2) is 27.2. The Kier molecular flexibility index (Phi) is 19.6. The highest BCUT2D eigenvalue weighted by Gasteiger charge is 2.78. The molecule has 6 aliphatic rings. The number of aliphatic hydroxyl groups excluding tert-OH is 1. The molecule has 2 bridgehead atoms.